The average molecular weight is 603 g/mol. The molecule has 0 aromatic carbocycles. The van der Waals surface area contributed by atoms with Gasteiger partial charge < -0.3 is 4.74 Å². The number of esters is 1. The first-order valence-corrected chi connectivity index (χ1v) is 19.7. The Morgan fingerprint density at radius 3 is 1.35 bits per heavy atom. The van der Waals surface area contributed by atoms with Gasteiger partial charge in [-0.1, -0.05) is 186 Å². The predicted molar refractivity (Wildman–Crippen MR) is 193 cm³/mol. The van der Waals surface area contributed by atoms with E-state index in [-0.39, 0.29) is 11.9 Å². The Kier molecular flexibility index (Phi) is 34.6. The molecule has 0 aromatic heterocycles. The summed E-state index contributed by atoms with van der Waals surface area (Å²) in [5.74, 6) is 1.07. The quantitative estimate of drug-likeness (QED) is 0.0416. The lowest BCUT2D eigenvalue weighted by Crippen LogP contribution is -2.18. The lowest BCUT2D eigenvalue weighted by Gasteiger charge is -2.19. The summed E-state index contributed by atoms with van der Waals surface area (Å²) in [4.78, 5) is 12.7. The summed E-state index contributed by atoms with van der Waals surface area (Å²) in [5, 5.41) is 0. The number of ether oxygens (including phenoxy) is 1. The van der Waals surface area contributed by atoms with Gasteiger partial charge >= 0.3 is 5.97 Å². The van der Waals surface area contributed by atoms with Crippen molar-refractivity contribution in [1.82, 2.24) is 0 Å². The molecule has 0 fully saturated rings. The minimum Gasteiger partial charge on any atom is -0.466 e. The van der Waals surface area contributed by atoms with Gasteiger partial charge in [0.2, 0.25) is 0 Å². The predicted octanol–water partition coefficient (Wildman–Crippen LogP) is 14.3. The number of carbonyl (C=O) groups is 1. The van der Waals surface area contributed by atoms with Crippen molar-refractivity contribution < 1.29 is 9.53 Å². The van der Waals surface area contributed by atoms with Crippen molar-refractivity contribution >= 4 is 5.97 Å². The van der Waals surface area contributed by atoms with Gasteiger partial charge in [-0.2, -0.15) is 0 Å². The average Bonchev–Trinajstić information content (AvgIpc) is 3.01. The summed E-state index contributed by atoms with van der Waals surface area (Å²) in [6.07, 6.45) is 47.3. The molecular formula is C41H78O2. The highest BCUT2D eigenvalue weighted by Gasteiger charge is 2.19. The van der Waals surface area contributed by atoms with E-state index in [1.54, 1.807) is 0 Å². The molecule has 0 N–H and O–H groups in total. The Labute approximate surface area is 271 Å². The van der Waals surface area contributed by atoms with Crippen molar-refractivity contribution in [3.8, 4) is 0 Å². The third-order valence-corrected chi connectivity index (χ3v) is 9.22. The van der Waals surface area contributed by atoms with Crippen LogP contribution < -0.4 is 0 Å². The summed E-state index contributed by atoms with van der Waals surface area (Å²) in [7, 11) is 0. The van der Waals surface area contributed by atoms with E-state index in [1.807, 2.05) is 6.92 Å². The van der Waals surface area contributed by atoms with Crippen LogP contribution in [-0.2, 0) is 9.53 Å². The smallest absolute Gasteiger partial charge is 0.308 e. The Balaban J connectivity index is 4.29. The zero-order valence-corrected chi connectivity index (χ0v) is 30.0. The molecule has 0 spiro atoms. The minimum atomic E-state index is 0.0592. The normalized spacial score (nSPS) is 12.7. The molecule has 0 aliphatic carbocycles. The van der Waals surface area contributed by atoms with Gasteiger partial charge in [0.25, 0.3) is 0 Å². The fourth-order valence-electron chi connectivity index (χ4n) is 6.35. The topological polar surface area (TPSA) is 26.3 Å². The zero-order valence-electron chi connectivity index (χ0n) is 30.0. The summed E-state index contributed by atoms with van der Waals surface area (Å²) < 4.78 is 5.48. The highest BCUT2D eigenvalue weighted by Crippen LogP contribution is 2.26. The van der Waals surface area contributed by atoms with Gasteiger partial charge in [0, 0.05) is 0 Å². The highest BCUT2D eigenvalue weighted by atomic mass is 16.5. The van der Waals surface area contributed by atoms with E-state index >= 15 is 0 Å². The molecule has 1 atom stereocenters. The highest BCUT2D eigenvalue weighted by molar-refractivity contribution is 5.72. The van der Waals surface area contributed by atoms with Gasteiger partial charge in [-0.05, 0) is 57.8 Å². The van der Waals surface area contributed by atoms with Crippen LogP contribution in [0.1, 0.15) is 214 Å². The van der Waals surface area contributed by atoms with Crippen LogP contribution >= 0.6 is 0 Å². The molecule has 0 saturated carbocycles. The maximum atomic E-state index is 12.7. The van der Waals surface area contributed by atoms with E-state index in [2.05, 4.69) is 45.1 Å². The number of rotatable bonds is 34. The van der Waals surface area contributed by atoms with Crippen LogP contribution in [0, 0.1) is 11.8 Å². The van der Waals surface area contributed by atoms with Crippen molar-refractivity contribution in [3.63, 3.8) is 0 Å². The van der Waals surface area contributed by atoms with Crippen molar-refractivity contribution in [2.75, 3.05) is 6.61 Å². The first kappa shape index (κ1) is 42.0. The largest absolute Gasteiger partial charge is 0.466 e. The third kappa shape index (κ3) is 30.7. The standard InChI is InChI=1S/C41H78O2/c1-5-9-12-15-18-19-20-21-22-23-24-25-28-31-37-40(41(42)43-8-4)38-33-32-36-39(34-29-26-16-13-10-6-2)35-30-27-17-14-11-7-3/h18-19,21-22,39-40H,5-17,20,23-38H2,1-4H3. The summed E-state index contributed by atoms with van der Waals surface area (Å²) in [6.45, 7) is 9.32. The molecule has 0 aliphatic rings. The molecule has 0 rings (SSSR count). The maximum Gasteiger partial charge on any atom is 0.308 e. The van der Waals surface area contributed by atoms with Gasteiger partial charge in [-0.15, -0.1) is 0 Å². The Bertz CT molecular complexity index is 591. The fourth-order valence-corrected chi connectivity index (χ4v) is 6.35. The number of unbranched alkanes of at least 4 members (excludes halogenated alkanes) is 18. The molecule has 43 heavy (non-hydrogen) atoms. The minimum absolute atomic E-state index is 0.0592. The van der Waals surface area contributed by atoms with Crippen molar-refractivity contribution in [2.45, 2.75) is 214 Å². The molecule has 0 saturated heterocycles. The number of hydrogen-bond acceptors (Lipinski definition) is 2. The molecule has 0 radical (unpaired) electrons. The van der Waals surface area contributed by atoms with Gasteiger partial charge in [0.15, 0.2) is 0 Å². The molecule has 2 heteroatoms. The van der Waals surface area contributed by atoms with Crippen LogP contribution in [0.15, 0.2) is 24.3 Å². The molecule has 1 unspecified atom stereocenters. The number of allylic oxidation sites excluding steroid dienone is 4. The SMILES string of the molecule is CCCCCC=CCC=CCCCCCCC(CCCCC(CCCCCCCC)CCCCCCCC)C(=O)OCC. The van der Waals surface area contributed by atoms with Gasteiger partial charge in [0.1, 0.15) is 0 Å². The molecule has 0 aliphatic heterocycles. The van der Waals surface area contributed by atoms with Crippen molar-refractivity contribution in [2.24, 2.45) is 11.8 Å². The van der Waals surface area contributed by atoms with Crippen LogP contribution in [0.2, 0.25) is 0 Å². The second-order valence-electron chi connectivity index (χ2n) is 13.4. The van der Waals surface area contributed by atoms with Gasteiger partial charge in [-0.25, -0.2) is 0 Å². The molecule has 0 heterocycles. The van der Waals surface area contributed by atoms with Gasteiger partial charge in [-0.3, -0.25) is 4.79 Å². The van der Waals surface area contributed by atoms with E-state index < -0.39 is 0 Å². The molecule has 0 aromatic rings. The first-order valence-electron chi connectivity index (χ1n) is 19.7. The Morgan fingerprint density at radius 1 is 0.465 bits per heavy atom. The van der Waals surface area contributed by atoms with Crippen LogP contribution in [0.4, 0.5) is 0 Å². The van der Waals surface area contributed by atoms with Crippen LogP contribution in [0.3, 0.4) is 0 Å². The summed E-state index contributed by atoms with van der Waals surface area (Å²) in [6, 6.07) is 0. The van der Waals surface area contributed by atoms with Crippen LogP contribution in [-0.4, -0.2) is 12.6 Å². The third-order valence-electron chi connectivity index (χ3n) is 9.22. The second-order valence-corrected chi connectivity index (χ2v) is 13.4. The molecule has 2 nitrogen and oxygen atoms in total. The Morgan fingerprint density at radius 2 is 0.837 bits per heavy atom. The van der Waals surface area contributed by atoms with Crippen LogP contribution in [0.5, 0.6) is 0 Å². The van der Waals surface area contributed by atoms with E-state index in [0.717, 1.165) is 31.6 Å². The van der Waals surface area contributed by atoms with E-state index in [0.29, 0.717) is 6.61 Å². The lowest BCUT2D eigenvalue weighted by atomic mass is 9.88. The van der Waals surface area contributed by atoms with Crippen molar-refractivity contribution in [3.05, 3.63) is 24.3 Å². The van der Waals surface area contributed by atoms with Crippen molar-refractivity contribution in [1.29, 1.82) is 0 Å². The first-order chi connectivity index (χ1) is 21.2. The second kappa shape index (κ2) is 35.4. The van der Waals surface area contributed by atoms with E-state index in [9.17, 15) is 4.79 Å². The molecular weight excluding hydrogens is 524 g/mol. The summed E-state index contributed by atoms with van der Waals surface area (Å²) >= 11 is 0. The van der Waals surface area contributed by atoms with Gasteiger partial charge in [0.05, 0.1) is 12.5 Å². The monoisotopic (exact) mass is 603 g/mol. The Hall–Kier alpha value is -1.05. The van der Waals surface area contributed by atoms with E-state index in [4.69, 9.17) is 4.74 Å². The summed E-state index contributed by atoms with van der Waals surface area (Å²) in [5.41, 5.74) is 0. The lowest BCUT2D eigenvalue weighted by molar-refractivity contribution is -0.148. The molecule has 0 amide bonds. The number of carbonyl (C=O) groups excluding carboxylic acids is 1. The molecule has 254 valence electrons. The van der Waals surface area contributed by atoms with E-state index in [1.165, 1.54) is 161 Å². The zero-order chi connectivity index (χ0) is 31.5. The van der Waals surface area contributed by atoms with Crippen LogP contribution in [0.25, 0.3) is 0 Å². The number of hydrogen-bond donors (Lipinski definition) is 0. The fraction of sp³-hybridized carbons (Fsp3) is 0.878. The molecule has 0 bridgehead atoms. The maximum absolute atomic E-state index is 12.7.